The molecule has 0 spiro atoms. The van der Waals surface area contributed by atoms with Gasteiger partial charge in [-0.05, 0) is 79.1 Å². The highest BCUT2D eigenvalue weighted by Gasteiger charge is 2.40. The summed E-state index contributed by atoms with van der Waals surface area (Å²) >= 11 is 0. The predicted molar refractivity (Wildman–Crippen MR) is 221 cm³/mol. The number of rotatable bonds is 13. The van der Waals surface area contributed by atoms with Gasteiger partial charge in [0.25, 0.3) is 0 Å². The van der Waals surface area contributed by atoms with Gasteiger partial charge >= 0.3 is 6.09 Å². The number of hydrogen-bond donors (Lipinski definition) is 3. The molecule has 3 aromatic carbocycles. The summed E-state index contributed by atoms with van der Waals surface area (Å²) < 4.78 is 15.8. The Balaban J connectivity index is 1.04. The topological polar surface area (TPSA) is 142 Å². The normalized spacial score (nSPS) is 17.9. The first-order chi connectivity index (χ1) is 28.0. The SMILES string of the molecule is CCN(CC)[C@@H](C(=O)N1CCC[C@H]1c1ncc(-c2ccc(-c3ccc(-c4cnc([C@@H]5CCCN5C(=O)[C@H](C(C)C)N(C)C(=O)O)[nH]4)cc3)cc2F)[nH]1)c1ccccc1. The number of carboxylic acid groups (broad SMARTS) is 1. The molecule has 304 valence electrons. The van der Waals surface area contributed by atoms with Crippen molar-refractivity contribution in [1.29, 1.82) is 0 Å². The number of hydrogen-bond acceptors (Lipinski definition) is 6. The van der Waals surface area contributed by atoms with E-state index in [2.05, 4.69) is 38.7 Å². The van der Waals surface area contributed by atoms with Crippen LogP contribution < -0.4 is 0 Å². The van der Waals surface area contributed by atoms with Crippen LogP contribution in [0.2, 0.25) is 0 Å². The van der Waals surface area contributed by atoms with E-state index in [9.17, 15) is 19.5 Å². The second-order valence-corrected chi connectivity index (χ2v) is 15.6. The molecule has 2 fully saturated rings. The molecule has 12 nitrogen and oxygen atoms in total. The van der Waals surface area contributed by atoms with E-state index < -0.39 is 12.1 Å². The molecule has 58 heavy (non-hydrogen) atoms. The zero-order valence-electron chi connectivity index (χ0n) is 33.9. The number of aromatic nitrogens is 4. The maximum atomic E-state index is 15.8. The van der Waals surface area contributed by atoms with Gasteiger partial charge in [0.2, 0.25) is 11.8 Å². The lowest BCUT2D eigenvalue weighted by atomic mass is 10.0. The summed E-state index contributed by atoms with van der Waals surface area (Å²) in [6, 6.07) is 21.2. The Morgan fingerprint density at radius 1 is 0.793 bits per heavy atom. The fraction of sp³-hybridized carbons (Fsp3) is 0.400. The number of aromatic amines is 2. The van der Waals surface area contributed by atoms with E-state index >= 15 is 4.39 Å². The second-order valence-electron chi connectivity index (χ2n) is 15.6. The molecule has 0 bridgehead atoms. The van der Waals surface area contributed by atoms with Crippen LogP contribution in [0, 0.1) is 11.7 Å². The number of imidazole rings is 2. The van der Waals surface area contributed by atoms with Crippen molar-refractivity contribution >= 4 is 17.9 Å². The highest BCUT2D eigenvalue weighted by atomic mass is 19.1. The number of amides is 3. The molecule has 4 heterocycles. The Labute approximate surface area is 339 Å². The third kappa shape index (κ3) is 8.00. The van der Waals surface area contributed by atoms with E-state index in [0.717, 1.165) is 71.6 Å². The van der Waals surface area contributed by atoms with Crippen molar-refractivity contribution in [3.63, 3.8) is 0 Å². The van der Waals surface area contributed by atoms with Gasteiger partial charge in [-0.1, -0.05) is 88.4 Å². The number of carbonyl (C=O) groups is 3. The van der Waals surface area contributed by atoms with Crippen molar-refractivity contribution in [2.45, 2.75) is 77.5 Å². The maximum Gasteiger partial charge on any atom is 0.407 e. The van der Waals surface area contributed by atoms with E-state index in [1.807, 2.05) is 79.4 Å². The van der Waals surface area contributed by atoms with E-state index in [0.29, 0.717) is 36.0 Å². The van der Waals surface area contributed by atoms with E-state index in [-0.39, 0.29) is 41.7 Å². The minimum atomic E-state index is -1.14. The molecule has 5 aromatic rings. The molecule has 2 aliphatic heterocycles. The van der Waals surface area contributed by atoms with Gasteiger partial charge in [0.15, 0.2) is 0 Å². The van der Waals surface area contributed by atoms with Crippen LogP contribution in [0.4, 0.5) is 9.18 Å². The number of benzene rings is 3. The Morgan fingerprint density at radius 2 is 1.34 bits per heavy atom. The number of likely N-dealkylation sites (N-methyl/N-ethyl adjacent to an activating group) is 2. The average Bonchev–Trinajstić information content (AvgIpc) is 4.07. The quantitative estimate of drug-likeness (QED) is 0.109. The molecule has 4 atom stereocenters. The minimum absolute atomic E-state index is 0.0553. The van der Waals surface area contributed by atoms with Gasteiger partial charge in [-0.15, -0.1) is 0 Å². The molecule has 7 rings (SSSR count). The van der Waals surface area contributed by atoms with Crippen LogP contribution in [0.3, 0.4) is 0 Å². The third-order valence-corrected chi connectivity index (χ3v) is 11.8. The number of likely N-dealkylation sites (tertiary alicyclic amines) is 2. The lowest BCUT2D eigenvalue weighted by molar-refractivity contribution is -0.139. The number of nitrogens with one attached hydrogen (secondary N) is 2. The average molecular weight is 789 g/mol. The molecule has 2 saturated heterocycles. The van der Waals surface area contributed by atoms with Gasteiger partial charge in [-0.25, -0.2) is 19.2 Å². The summed E-state index contributed by atoms with van der Waals surface area (Å²) in [6.45, 7) is 10.5. The molecule has 0 saturated carbocycles. The number of nitrogens with zero attached hydrogens (tertiary/aromatic N) is 6. The Bertz CT molecular complexity index is 2220. The molecule has 2 aromatic heterocycles. The summed E-state index contributed by atoms with van der Waals surface area (Å²) in [6.07, 6.45) is 5.43. The summed E-state index contributed by atoms with van der Waals surface area (Å²) in [4.78, 5) is 62.6. The zero-order chi connectivity index (χ0) is 41.1. The first kappa shape index (κ1) is 40.4. The van der Waals surface area contributed by atoms with Crippen molar-refractivity contribution in [3.05, 3.63) is 108 Å². The van der Waals surface area contributed by atoms with E-state index in [1.165, 1.54) is 13.1 Å². The molecular weight excluding hydrogens is 736 g/mol. The Kier molecular flexibility index (Phi) is 12.1. The molecule has 0 unspecified atom stereocenters. The summed E-state index contributed by atoms with van der Waals surface area (Å²) in [5, 5.41) is 9.59. The molecule has 2 aliphatic rings. The molecule has 3 N–H and O–H groups in total. The smallest absolute Gasteiger partial charge is 0.407 e. The Morgan fingerprint density at radius 3 is 1.91 bits per heavy atom. The lowest BCUT2D eigenvalue weighted by Gasteiger charge is -2.34. The molecule has 0 aliphatic carbocycles. The van der Waals surface area contributed by atoms with Crippen LogP contribution in [0.25, 0.3) is 33.6 Å². The monoisotopic (exact) mass is 788 g/mol. The van der Waals surface area contributed by atoms with Crippen molar-refractivity contribution in [1.82, 2.24) is 39.5 Å². The third-order valence-electron chi connectivity index (χ3n) is 11.8. The van der Waals surface area contributed by atoms with Crippen molar-refractivity contribution in [2.75, 3.05) is 33.2 Å². The van der Waals surface area contributed by atoms with Crippen LogP contribution in [-0.2, 0) is 9.59 Å². The highest BCUT2D eigenvalue weighted by Crippen LogP contribution is 2.37. The van der Waals surface area contributed by atoms with Crippen LogP contribution in [0.15, 0.2) is 85.2 Å². The van der Waals surface area contributed by atoms with Crippen LogP contribution in [-0.4, -0.2) is 102 Å². The minimum Gasteiger partial charge on any atom is -0.465 e. The Hall–Kier alpha value is -5.82. The predicted octanol–water partition coefficient (Wildman–Crippen LogP) is 8.32. The second kappa shape index (κ2) is 17.4. The molecular formula is C45H53FN8O4. The van der Waals surface area contributed by atoms with E-state index in [1.54, 1.807) is 23.4 Å². The lowest BCUT2D eigenvalue weighted by Crippen LogP contribution is -2.51. The number of carbonyl (C=O) groups excluding carboxylic acids is 2. The van der Waals surface area contributed by atoms with E-state index in [4.69, 9.17) is 0 Å². The first-order valence-corrected chi connectivity index (χ1v) is 20.4. The largest absolute Gasteiger partial charge is 0.465 e. The van der Waals surface area contributed by atoms with Gasteiger partial charge in [0.1, 0.15) is 29.5 Å². The van der Waals surface area contributed by atoms with Crippen molar-refractivity contribution in [2.24, 2.45) is 5.92 Å². The highest BCUT2D eigenvalue weighted by molar-refractivity contribution is 5.86. The number of H-pyrrole nitrogens is 2. The fourth-order valence-electron chi connectivity index (χ4n) is 8.76. The summed E-state index contributed by atoms with van der Waals surface area (Å²) in [5.41, 5.74) is 5.17. The summed E-state index contributed by atoms with van der Waals surface area (Å²) in [7, 11) is 1.44. The molecule has 0 radical (unpaired) electrons. The van der Waals surface area contributed by atoms with Crippen molar-refractivity contribution in [3.8, 4) is 33.6 Å². The number of halogens is 1. The summed E-state index contributed by atoms with van der Waals surface area (Å²) in [5.74, 6) is 0.585. The first-order valence-electron chi connectivity index (χ1n) is 20.4. The fourth-order valence-corrected chi connectivity index (χ4v) is 8.76. The zero-order valence-corrected chi connectivity index (χ0v) is 33.9. The maximum absolute atomic E-state index is 15.8. The van der Waals surface area contributed by atoms with Crippen LogP contribution >= 0.6 is 0 Å². The molecule has 3 amide bonds. The van der Waals surface area contributed by atoms with Crippen LogP contribution in [0.5, 0.6) is 0 Å². The van der Waals surface area contributed by atoms with Crippen LogP contribution in [0.1, 0.15) is 88.7 Å². The van der Waals surface area contributed by atoms with Gasteiger partial charge in [-0.3, -0.25) is 19.4 Å². The molecule has 13 heteroatoms. The van der Waals surface area contributed by atoms with Gasteiger partial charge in [0, 0.05) is 25.7 Å². The van der Waals surface area contributed by atoms with Gasteiger partial charge in [0.05, 0.1) is 35.9 Å². The van der Waals surface area contributed by atoms with Crippen molar-refractivity contribution < 1.29 is 23.9 Å². The van der Waals surface area contributed by atoms with Gasteiger partial charge < -0.3 is 24.9 Å². The standard InChI is InChI=1S/C45H53FN8O4/c1-6-52(7-2)40(31-13-9-8-10-14-31)44(56)54-24-12-16-38(54)42-48-27-36(50-42)33-22-21-32(25-34(33)46)29-17-19-30(20-18-29)35-26-47-41(49-35)37-15-11-23-53(37)43(55)39(28(3)4)51(5)45(57)58/h8-10,13-14,17-22,25-28,37-40H,6-7,11-12,15-16,23-24H2,1-5H3,(H,47,49)(H,48,50)(H,57,58)/t37-,38-,39-,40+/m0/s1. The van der Waals surface area contributed by atoms with Gasteiger partial charge in [-0.2, -0.15) is 0 Å².